The molecular weight excluding hydrogens is 440 g/mol. The molecule has 4 aromatic carbocycles. The molecule has 0 spiro atoms. The van der Waals surface area contributed by atoms with Gasteiger partial charge in [-0.2, -0.15) is 0 Å². The van der Waals surface area contributed by atoms with E-state index < -0.39 is 11.9 Å². The van der Waals surface area contributed by atoms with Gasteiger partial charge in [0.25, 0.3) is 0 Å². The zero-order chi connectivity index (χ0) is 24.7. The maximum Gasteiger partial charge on any atom is 0.343 e. The Labute approximate surface area is 194 Å². The molecule has 8 nitrogen and oxygen atoms in total. The second-order valence-electron chi connectivity index (χ2n) is 7.01. The van der Waals surface area contributed by atoms with Crippen molar-refractivity contribution in [1.29, 1.82) is 0 Å². The topological polar surface area (TPSA) is 145 Å². The number of carbonyl (C=O) groups is 2. The van der Waals surface area contributed by atoms with E-state index in [1.54, 1.807) is 12.1 Å². The van der Waals surface area contributed by atoms with Crippen molar-refractivity contribution in [2.24, 2.45) is 0 Å². The SMILES string of the molecule is O=C(O)c1ccc(O)cc1-c1ccc(O)cc1.O=C(Oc1ccc(O)cc1)c1ccc(O)cc1. The molecule has 0 aliphatic carbocycles. The van der Waals surface area contributed by atoms with Crippen LogP contribution in [0.3, 0.4) is 0 Å². The van der Waals surface area contributed by atoms with E-state index in [1.165, 1.54) is 78.9 Å². The number of carboxylic acids is 1. The average molecular weight is 460 g/mol. The summed E-state index contributed by atoms with van der Waals surface area (Å²) in [5.74, 6) is -0.936. The van der Waals surface area contributed by atoms with Crippen LogP contribution in [-0.2, 0) is 0 Å². The fourth-order valence-electron chi connectivity index (χ4n) is 2.88. The molecule has 0 saturated heterocycles. The van der Waals surface area contributed by atoms with E-state index >= 15 is 0 Å². The first kappa shape index (κ1) is 23.7. The predicted octanol–water partition coefficient (Wildman–Crippen LogP) is 4.78. The predicted molar refractivity (Wildman–Crippen MR) is 123 cm³/mol. The Kier molecular flexibility index (Phi) is 7.35. The Morgan fingerprint density at radius 1 is 0.588 bits per heavy atom. The summed E-state index contributed by atoms with van der Waals surface area (Å²) < 4.78 is 5.06. The number of phenolic OH excluding ortho intramolecular Hbond substituents is 4. The molecule has 4 rings (SSSR count). The summed E-state index contributed by atoms with van der Waals surface area (Å²) >= 11 is 0. The quantitative estimate of drug-likeness (QED) is 0.216. The van der Waals surface area contributed by atoms with E-state index in [2.05, 4.69) is 0 Å². The van der Waals surface area contributed by atoms with Crippen LogP contribution < -0.4 is 4.74 Å². The third kappa shape index (κ3) is 6.27. The van der Waals surface area contributed by atoms with E-state index in [0.717, 1.165) is 0 Å². The van der Waals surface area contributed by atoms with Crippen molar-refractivity contribution >= 4 is 11.9 Å². The third-order valence-electron chi connectivity index (χ3n) is 4.56. The molecule has 0 aromatic heterocycles. The van der Waals surface area contributed by atoms with Crippen molar-refractivity contribution in [3.05, 3.63) is 102 Å². The maximum atomic E-state index is 11.6. The molecule has 0 fully saturated rings. The molecule has 0 bridgehead atoms. The number of hydrogen-bond acceptors (Lipinski definition) is 7. The molecule has 0 heterocycles. The van der Waals surface area contributed by atoms with Gasteiger partial charge < -0.3 is 30.3 Å². The van der Waals surface area contributed by atoms with Gasteiger partial charge in [0.1, 0.15) is 28.7 Å². The number of ether oxygens (including phenoxy) is 1. The highest BCUT2D eigenvalue weighted by Gasteiger charge is 2.12. The third-order valence-corrected chi connectivity index (χ3v) is 4.56. The van der Waals surface area contributed by atoms with Crippen LogP contribution in [0, 0.1) is 0 Å². The van der Waals surface area contributed by atoms with Gasteiger partial charge >= 0.3 is 11.9 Å². The lowest BCUT2D eigenvalue weighted by molar-refractivity contribution is 0.0695. The molecule has 4 aromatic rings. The summed E-state index contributed by atoms with van der Waals surface area (Å²) in [6.45, 7) is 0. The number of carbonyl (C=O) groups excluding carboxylic acids is 1. The van der Waals surface area contributed by atoms with Crippen molar-refractivity contribution < 1.29 is 39.9 Å². The molecule has 0 aliphatic heterocycles. The van der Waals surface area contributed by atoms with Gasteiger partial charge in [0.15, 0.2) is 0 Å². The second kappa shape index (κ2) is 10.6. The highest BCUT2D eigenvalue weighted by Crippen LogP contribution is 2.28. The molecule has 0 amide bonds. The van der Waals surface area contributed by atoms with Gasteiger partial charge in [-0.15, -0.1) is 0 Å². The zero-order valence-corrected chi connectivity index (χ0v) is 17.6. The first-order valence-corrected chi connectivity index (χ1v) is 9.89. The van der Waals surface area contributed by atoms with E-state index in [9.17, 15) is 19.8 Å². The Balaban J connectivity index is 0.000000191. The fraction of sp³-hybridized carbons (Fsp3) is 0. The van der Waals surface area contributed by atoms with Crippen molar-refractivity contribution in [3.8, 4) is 39.9 Å². The van der Waals surface area contributed by atoms with Crippen molar-refractivity contribution in [3.63, 3.8) is 0 Å². The Morgan fingerprint density at radius 3 is 1.59 bits per heavy atom. The highest BCUT2D eigenvalue weighted by molar-refractivity contribution is 5.96. The number of rotatable bonds is 4. The van der Waals surface area contributed by atoms with Crippen LogP contribution in [0.4, 0.5) is 0 Å². The van der Waals surface area contributed by atoms with Crippen molar-refractivity contribution in [2.75, 3.05) is 0 Å². The molecule has 34 heavy (non-hydrogen) atoms. The number of esters is 1. The smallest absolute Gasteiger partial charge is 0.343 e. The molecule has 172 valence electrons. The summed E-state index contributed by atoms with van der Waals surface area (Å²) in [6, 6.07) is 21.8. The molecule has 0 radical (unpaired) electrons. The van der Waals surface area contributed by atoms with Crippen LogP contribution in [0.15, 0.2) is 91.0 Å². The molecule has 8 heteroatoms. The number of benzene rings is 4. The lowest BCUT2D eigenvalue weighted by Crippen LogP contribution is -2.07. The van der Waals surface area contributed by atoms with Gasteiger partial charge in [0, 0.05) is 0 Å². The zero-order valence-electron chi connectivity index (χ0n) is 17.6. The lowest BCUT2D eigenvalue weighted by atomic mass is 9.99. The molecular formula is C26H20O8. The minimum absolute atomic E-state index is 0.00178. The number of carboxylic acid groups (broad SMARTS) is 1. The largest absolute Gasteiger partial charge is 0.508 e. The first-order valence-electron chi connectivity index (χ1n) is 9.89. The average Bonchev–Trinajstić information content (AvgIpc) is 2.81. The number of aromatic carboxylic acids is 1. The lowest BCUT2D eigenvalue weighted by Gasteiger charge is -2.07. The Morgan fingerprint density at radius 2 is 1.06 bits per heavy atom. The minimum atomic E-state index is -1.06. The molecule has 0 aliphatic rings. The van der Waals surface area contributed by atoms with Gasteiger partial charge in [-0.05, 0) is 90.0 Å². The normalized spacial score (nSPS) is 10.0. The summed E-state index contributed by atoms with van der Waals surface area (Å²) in [6.07, 6.45) is 0. The summed E-state index contributed by atoms with van der Waals surface area (Å²) in [4.78, 5) is 22.7. The number of aromatic hydroxyl groups is 4. The monoisotopic (exact) mass is 460 g/mol. The second-order valence-corrected chi connectivity index (χ2v) is 7.01. The van der Waals surface area contributed by atoms with Gasteiger partial charge in [-0.3, -0.25) is 0 Å². The van der Waals surface area contributed by atoms with Crippen LogP contribution in [-0.4, -0.2) is 37.5 Å². The maximum absolute atomic E-state index is 11.6. The van der Waals surface area contributed by atoms with Crippen LogP contribution in [0.2, 0.25) is 0 Å². The fourth-order valence-corrected chi connectivity index (χ4v) is 2.88. The standard InChI is InChI=1S/2C13H10O4/c14-10-3-1-9(2-4-10)13(16)17-12-7-5-11(15)6-8-12;14-9-3-1-8(2-4-9)12-7-10(15)5-6-11(12)13(16)17/h1-8,14-15H;1-7,14-15H,(H,16,17). The van der Waals surface area contributed by atoms with E-state index in [0.29, 0.717) is 22.4 Å². The van der Waals surface area contributed by atoms with Crippen molar-refractivity contribution in [2.45, 2.75) is 0 Å². The molecule has 0 saturated carbocycles. The Bertz CT molecular complexity index is 1280. The minimum Gasteiger partial charge on any atom is -0.508 e. The van der Waals surface area contributed by atoms with E-state index in [-0.39, 0.29) is 28.6 Å². The summed E-state index contributed by atoms with van der Waals surface area (Å²) in [5.41, 5.74) is 1.48. The number of phenols is 4. The van der Waals surface area contributed by atoms with Crippen LogP contribution in [0.1, 0.15) is 20.7 Å². The molecule has 0 atom stereocenters. The summed E-state index contributed by atoms with van der Waals surface area (Å²) in [5, 5.41) is 45.8. The molecule has 5 N–H and O–H groups in total. The van der Waals surface area contributed by atoms with Crippen LogP contribution in [0.5, 0.6) is 28.7 Å². The molecule has 0 unspecified atom stereocenters. The van der Waals surface area contributed by atoms with Crippen LogP contribution in [0.25, 0.3) is 11.1 Å². The highest BCUT2D eigenvalue weighted by atomic mass is 16.5. The number of hydrogen-bond donors (Lipinski definition) is 5. The van der Waals surface area contributed by atoms with Crippen LogP contribution >= 0.6 is 0 Å². The van der Waals surface area contributed by atoms with Gasteiger partial charge in [0.05, 0.1) is 11.1 Å². The van der Waals surface area contributed by atoms with Gasteiger partial charge in [0.2, 0.25) is 0 Å². The summed E-state index contributed by atoms with van der Waals surface area (Å²) in [7, 11) is 0. The van der Waals surface area contributed by atoms with Gasteiger partial charge in [-0.1, -0.05) is 12.1 Å². The van der Waals surface area contributed by atoms with E-state index in [1.807, 2.05) is 0 Å². The van der Waals surface area contributed by atoms with E-state index in [4.69, 9.17) is 20.1 Å². The van der Waals surface area contributed by atoms with Crippen molar-refractivity contribution in [1.82, 2.24) is 0 Å². The Hall–Kier alpha value is -4.98. The van der Waals surface area contributed by atoms with Gasteiger partial charge in [-0.25, -0.2) is 9.59 Å². The first-order chi connectivity index (χ1) is 16.2.